The summed E-state index contributed by atoms with van der Waals surface area (Å²) in [6.45, 7) is 9.49. The molecule has 2 unspecified atom stereocenters. The van der Waals surface area contributed by atoms with Crippen LogP contribution in [0.1, 0.15) is 41.0 Å². The van der Waals surface area contributed by atoms with E-state index in [0.717, 1.165) is 0 Å². The van der Waals surface area contributed by atoms with Gasteiger partial charge < -0.3 is 15.0 Å². The fourth-order valence-electron chi connectivity index (χ4n) is 2.12. The van der Waals surface area contributed by atoms with E-state index in [1.807, 2.05) is 13.8 Å². The van der Waals surface area contributed by atoms with Gasteiger partial charge in [-0.1, -0.05) is 6.92 Å². The fourth-order valence-corrected chi connectivity index (χ4v) is 2.12. The molecule has 2 atom stereocenters. The van der Waals surface area contributed by atoms with E-state index in [4.69, 9.17) is 4.74 Å². The highest BCUT2D eigenvalue weighted by Gasteiger charge is 2.51. The van der Waals surface area contributed by atoms with E-state index in [2.05, 4.69) is 5.32 Å². The minimum Gasteiger partial charge on any atom is -0.380 e. The van der Waals surface area contributed by atoms with Crippen molar-refractivity contribution in [1.29, 1.82) is 0 Å². The second kappa shape index (κ2) is 4.88. The van der Waals surface area contributed by atoms with Crippen molar-refractivity contribution in [2.45, 2.75) is 58.2 Å². The van der Waals surface area contributed by atoms with Crippen LogP contribution < -0.4 is 5.32 Å². The molecule has 18 heavy (non-hydrogen) atoms. The van der Waals surface area contributed by atoms with E-state index in [1.165, 1.54) is 0 Å². The van der Waals surface area contributed by atoms with E-state index in [9.17, 15) is 9.59 Å². The highest BCUT2D eigenvalue weighted by atomic mass is 16.5. The molecule has 2 amide bonds. The van der Waals surface area contributed by atoms with Gasteiger partial charge in [-0.2, -0.15) is 0 Å². The molecule has 0 aromatic carbocycles. The summed E-state index contributed by atoms with van der Waals surface area (Å²) >= 11 is 0. The second-order valence-electron chi connectivity index (χ2n) is 5.67. The number of rotatable bonds is 4. The number of hydrogen-bond donors (Lipinski definition) is 1. The van der Waals surface area contributed by atoms with Crippen molar-refractivity contribution in [2.24, 2.45) is 0 Å². The third kappa shape index (κ3) is 2.36. The number of nitrogens with zero attached hydrogens (tertiary/aromatic N) is 1. The molecule has 0 spiro atoms. The lowest BCUT2D eigenvalue weighted by Crippen LogP contribution is -2.73. The fraction of sp³-hybridized carbons (Fsp3) is 0.846. The number of methoxy groups -OCH3 is 1. The number of amides is 2. The Morgan fingerprint density at radius 1 is 1.33 bits per heavy atom. The largest absolute Gasteiger partial charge is 0.380 e. The van der Waals surface area contributed by atoms with Gasteiger partial charge >= 0.3 is 0 Å². The van der Waals surface area contributed by atoms with Crippen LogP contribution in [0.2, 0.25) is 0 Å². The van der Waals surface area contributed by atoms with Gasteiger partial charge in [-0.25, -0.2) is 0 Å². The normalized spacial score (nSPS) is 29.1. The Hall–Kier alpha value is -1.10. The first-order valence-corrected chi connectivity index (χ1v) is 6.36. The Labute approximate surface area is 109 Å². The smallest absolute Gasteiger partial charge is 0.248 e. The number of ether oxygens (including phenoxy) is 1. The van der Waals surface area contributed by atoms with Crippen molar-refractivity contribution in [2.75, 3.05) is 13.7 Å². The molecule has 1 rings (SSSR count). The van der Waals surface area contributed by atoms with Gasteiger partial charge in [-0.15, -0.1) is 0 Å². The number of carbonyl (C=O) groups is 2. The van der Waals surface area contributed by atoms with E-state index in [1.54, 1.807) is 32.8 Å². The SMILES string of the molecule is CCC1(C)C(=O)NC(C)(C)C(=O)N1CC(C)OC. The van der Waals surface area contributed by atoms with Crippen molar-refractivity contribution >= 4 is 11.8 Å². The Kier molecular flexibility index (Phi) is 4.05. The maximum Gasteiger partial charge on any atom is 0.248 e. The molecule has 0 aromatic heterocycles. The van der Waals surface area contributed by atoms with Gasteiger partial charge in [0.15, 0.2) is 0 Å². The summed E-state index contributed by atoms with van der Waals surface area (Å²) in [5, 5.41) is 2.80. The first kappa shape index (κ1) is 15.0. The molecule has 1 saturated heterocycles. The summed E-state index contributed by atoms with van der Waals surface area (Å²) in [5.41, 5.74) is -1.64. The summed E-state index contributed by atoms with van der Waals surface area (Å²) in [6, 6.07) is 0. The molecule has 1 N–H and O–H groups in total. The summed E-state index contributed by atoms with van der Waals surface area (Å²) in [7, 11) is 1.60. The zero-order chi connectivity index (χ0) is 14.1. The molecule has 0 radical (unpaired) electrons. The molecule has 0 aliphatic carbocycles. The van der Waals surface area contributed by atoms with Crippen LogP contribution in [-0.4, -0.2) is 47.6 Å². The molecule has 5 heteroatoms. The zero-order valence-electron chi connectivity index (χ0n) is 12.2. The van der Waals surface area contributed by atoms with Crippen molar-refractivity contribution in [3.8, 4) is 0 Å². The van der Waals surface area contributed by atoms with Gasteiger partial charge in [0.25, 0.3) is 0 Å². The Balaban J connectivity index is 3.10. The standard InChI is InChI=1S/C13H24N2O3/c1-7-13(5)10(16)14-12(3,4)11(17)15(13)8-9(2)18-6/h9H,7-8H2,1-6H3,(H,14,16). The van der Waals surface area contributed by atoms with Crippen LogP contribution in [0.5, 0.6) is 0 Å². The van der Waals surface area contributed by atoms with E-state index in [0.29, 0.717) is 13.0 Å². The third-order valence-corrected chi connectivity index (χ3v) is 3.82. The molecule has 1 heterocycles. The predicted octanol–water partition coefficient (Wildman–Crippen LogP) is 0.927. The van der Waals surface area contributed by atoms with Crippen LogP contribution in [0.4, 0.5) is 0 Å². The molecule has 1 aliphatic rings. The van der Waals surface area contributed by atoms with Gasteiger partial charge in [-0.05, 0) is 34.1 Å². The zero-order valence-corrected chi connectivity index (χ0v) is 12.2. The summed E-state index contributed by atoms with van der Waals surface area (Å²) in [5.74, 6) is -0.159. The lowest BCUT2D eigenvalue weighted by atomic mass is 9.86. The molecular weight excluding hydrogens is 232 g/mol. The first-order chi connectivity index (χ1) is 8.19. The van der Waals surface area contributed by atoms with Gasteiger partial charge in [0, 0.05) is 13.7 Å². The highest BCUT2D eigenvalue weighted by molar-refractivity contribution is 6.01. The predicted molar refractivity (Wildman–Crippen MR) is 69.1 cm³/mol. The lowest BCUT2D eigenvalue weighted by molar-refractivity contribution is -0.163. The average molecular weight is 256 g/mol. The maximum absolute atomic E-state index is 12.5. The van der Waals surface area contributed by atoms with E-state index < -0.39 is 11.1 Å². The molecular formula is C13H24N2O3. The molecule has 1 aliphatic heterocycles. The Morgan fingerprint density at radius 3 is 2.33 bits per heavy atom. The number of carbonyl (C=O) groups excluding carboxylic acids is 2. The van der Waals surface area contributed by atoms with Crippen molar-refractivity contribution in [1.82, 2.24) is 10.2 Å². The third-order valence-electron chi connectivity index (χ3n) is 3.82. The molecule has 5 nitrogen and oxygen atoms in total. The second-order valence-corrected chi connectivity index (χ2v) is 5.67. The van der Waals surface area contributed by atoms with Crippen molar-refractivity contribution in [3.05, 3.63) is 0 Å². The Bertz CT molecular complexity index is 354. The van der Waals surface area contributed by atoms with E-state index in [-0.39, 0.29) is 17.9 Å². The number of nitrogens with one attached hydrogen (secondary N) is 1. The lowest BCUT2D eigenvalue weighted by Gasteiger charge is -2.49. The summed E-state index contributed by atoms with van der Waals surface area (Å²) < 4.78 is 5.22. The average Bonchev–Trinajstić information content (AvgIpc) is 2.31. The monoisotopic (exact) mass is 256 g/mol. The van der Waals surface area contributed by atoms with Crippen LogP contribution in [-0.2, 0) is 14.3 Å². The topological polar surface area (TPSA) is 58.6 Å². The molecule has 104 valence electrons. The van der Waals surface area contributed by atoms with E-state index >= 15 is 0 Å². The molecule has 0 saturated carbocycles. The Morgan fingerprint density at radius 2 is 1.89 bits per heavy atom. The quantitative estimate of drug-likeness (QED) is 0.814. The van der Waals surface area contributed by atoms with Gasteiger partial charge in [0.1, 0.15) is 11.1 Å². The van der Waals surface area contributed by atoms with Crippen LogP contribution in [0.3, 0.4) is 0 Å². The molecule has 1 fully saturated rings. The minimum atomic E-state index is -0.848. The number of hydrogen-bond acceptors (Lipinski definition) is 3. The summed E-state index contributed by atoms with van der Waals surface area (Å²) in [6.07, 6.45) is 0.485. The highest BCUT2D eigenvalue weighted by Crippen LogP contribution is 2.29. The minimum absolute atomic E-state index is 0.0599. The maximum atomic E-state index is 12.5. The molecule has 0 aromatic rings. The van der Waals surface area contributed by atoms with Gasteiger partial charge in [-0.3, -0.25) is 9.59 Å². The van der Waals surface area contributed by atoms with Crippen LogP contribution in [0.25, 0.3) is 0 Å². The summed E-state index contributed by atoms with van der Waals surface area (Å²) in [4.78, 5) is 26.4. The van der Waals surface area contributed by atoms with Crippen molar-refractivity contribution < 1.29 is 14.3 Å². The van der Waals surface area contributed by atoms with Crippen LogP contribution in [0.15, 0.2) is 0 Å². The van der Waals surface area contributed by atoms with Gasteiger partial charge in [0.2, 0.25) is 11.8 Å². The van der Waals surface area contributed by atoms with Crippen LogP contribution in [0, 0.1) is 0 Å². The van der Waals surface area contributed by atoms with Crippen LogP contribution >= 0.6 is 0 Å². The number of piperazine rings is 1. The first-order valence-electron chi connectivity index (χ1n) is 6.36. The van der Waals surface area contributed by atoms with Gasteiger partial charge in [0.05, 0.1) is 6.10 Å². The molecule has 0 bridgehead atoms. The van der Waals surface area contributed by atoms with Crippen molar-refractivity contribution in [3.63, 3.8) is 0 Å².